The van der Waals surface area contributed by atoms with Crippen molar-refractivity contribution < 1.29 is 9.90 Å². The van der Waals surface area contributed by atoms with Crippen LogP contribution in [0, 0.1) is 5.92 Å². The van der Waals surface area contributed by atoms with Gasteiger partial charge in [-0.3, -0.25) is 4.79 Å². The molecule has 20 heavy (non-hydrogen) atoms. The highest BCUT2D eigenvalue weighted by molar-refractivity contribution is 5.98. The van der Waals surface area contributed by atoms with Crippen LogP contribution in [0.15, 0.2) is 18.3 Å². The molecule has 2 aliphatic rings. The first-order chi connectivity index (χ1) is 9.60. The zero-order valence-corrected chi connectivity index (χ0v) is 12.0. The van der Waals surface area contributed by atoms with Gasteiger partial charge < -0.3 is 10.0 Å². The molecule has 1 N–H and O–H groups in total. The number of carbonyl (C=O) groups is 1. The molecule has 1 aromatic rings. The minimum atomic E-state index is -0.486. The summed E-state index contributed by atoms with van der Waals surface area (Å²) in [5.41, 5.74) is 0.202. The number of piperidine rings is 1. The zero-order chi connectivity index (χ0) is 14.2. The van der Waals surface area contributed by atoms with Gasteiger partial charge in [0.25, 0.3) is 0 Å². The number of ketones is 1. The molecule has 1 aromatic heterocycles. The van der Waals surface area contributed by atoms with Crippen LogP contribution in [0.1, 0.15) is 49.4 Å². The molecule has 0 radical (unpaired) electrons. The van der Waals surface area contributed by atoms with Crippen molar-refractivity contribution >= 4 is 11.6 Å². The number of anilines is 1. The molecule has 1 saturated heterocycles. The lowest BCUT2D eigenvalue weighted by Gasteiger charge is -2.48. The molecule has 2 heterocycles. The van der Waals surface area contributed by atoms with E-state index in [4.69, 9.17) is 0 Å². The second-order valence-electron chi connectivity index (χ2n) is 6.17. The lowest BCUT2D eigenvalue weighted by atomic mass is 9.71. The van der Waals surface area contributed by atoms with E-state index in [0.717, 1.165) is 44.6 Å². The zero-order valence-electron chi connectivity index (χ0n) is 12.0. The Morgan fingerprint density at radius 3 is 3.10 bits per heavy atom. The summed E-state index contributed by atoms with van der Waals surface area (Å²) in [5.74, 6) is 1.15. The van der Waals surface area contributed by atoms with Gasteiger partial charge in [0.15, 0.2) is 5.78 Å². The number of hydrogen-bond donors (Lipinski definition) is 1. The number of aromatic nitrogens is 1. The summed E-state index contributed by atoms with van der Waals surface area (Å²) in [7, 11) is 0. The van der Waals surface area contributed by atoms with Gasteiger partial charge in [-0.25, -0.2) is 4.98 Å². The number of aliphatic hydroxyl groups is 1. The van der Waals surface area contributed by atoms with E-state index in [1.807, 2.05) is 6.07 Å². The number of nitrogens with zero attached hydrogens (tertiary/aromatic N) is 2. The quantitative estimate of drug-likeness (QED) is 0.841. The maximum Gasteiger partial charge on any atom is 0.163 e. The molecule has 3 rings (SSSR count). The highest BCUT2D eigenvalue weighted by atomic mass is 16.3. The van der Waals surface area contributed by atoms with E-state index < -0.39 is 5.60 Å². The van der Waals surface area contributed by atoms with E-state index in [0.29, 0.717) is 11.5 Å². The van der Waals surface area contributed by atoms with Crippen LogP contribution in [0.25, 0.3) is 0 Å². The molecule has 1 aliphatic heterocycles. The van der Waals surface area contributed by atoms with Gasteiger partial charge in [0.2, 0.25) is 0 Å². The van der Waals surface area contributed by atoms with Crippen LogP contribution in [-0.4, -0.2) is 34.6 Å². The normalized spacial score (nSPS) is 29.9. The van der Waals surface area contributed by atoms with Gasteiger partial charge >= 0.3 is 0 Å². The second-order valence-corrected chi connectivity index (χ2v) is 6.17. The molecular formula is C16H22N2O2. The van der Waals surface area contributed by atoms with Gasteiger partial charge in [-0.15, -0.1) is 0 Å². The maximum absolute atomic E-state index is 11.7. The molecule has 1 saturated carbocycles. The van der Waals surface area contributed by atoms with Crippen molar-refractivity contribution in [2.75, 3.05) is 18.0 Å². The topological polar surface area (TPSA) is 53.4 Å². The first-order valence-electron chi connectivity index (χ1n) is 7.53. The van der Waals surface area contributed by atoms with E-state index in [1.165, 1.54) is 6.42 Å². The van der Waals surface area contributed by atoms with Crippen LogP contribution in [0.2, 0.25) is 0 Å². The predicted molar refractivity (Wildman–Crippen MR) is 78.0 cm³/mol. The van der Waals surface area contributed by atoms with Gasteiger partial charge in [0, 0.05) is 25.2 Å². The molecule has 2 atom stereocenters. The Bertz CT molecular complexity index is 517. The molecule has 2 fully saturated rings. The fraction of sp³-hybridized carbons (Fsp3) is 0.625. The summed E-state index contributed by atoms with van der Waals surface area (Å²) in [5, 5.41) is 10.7. The number of carbonyl (C=O) groups excluding carboxylic acids is 1. The average molecular weight is 274 g/mol. The Morgan fingerprint density at radius 2 is 2.30 bits per heavy atom. The third kappa shape index (κ3) is 2.33. The molecule has 1 aliphatic carbocycles. The second kappa shape index (κ2) is 5.17. The summed E-state index contributed by atoms with van der Waals surface area (Å²) in [6.45, 7) is 3.18. The molecular weight excluding hydrogens is 252 g/mol. The van der Waals surface area contributed by atoms with Crippen LogP contribution in [0.4, 0.5) is 5.82 Å². The monoisotopic (exact) mass is 274 g/mol. The Morgan fingerprint density at radius 1 is 1.45 bits per heavy atom. The fourth-order valence-electron chi connectivity index (χ4n) is 3.69. The Labute approximate surface area is 119 Å². The highest BCUT2D eigenvalue weighted by Crippen LogP contribution is 2.40. The van der Waals surface area contributed by atoms with Crippen LogP contribution in [0.5, 0.6) is 0 Å². The summed E-state index contributed by atoms with van der Waals surface area (Å²) in [6, 6.07) is 3.65. The third-order valence-corrected chi connectivity index (χ3v) is 4.89. The number of hydrogen-bond acceptors (Lipinski definition) is 4. The highest BCUT2D eigenvalue weighted by Gasteiger charge is 2.43. The van der Waals surface area contributed by atoms with Crippen molar-refractivity contribution in [3.63, 3.8) is 0 Å². The van der Waals surface area contributed by atoms with E-state index in [-0.39, 0.29) is 5.78 Å². The lowest BCUT2D eigenvalue weighted by Crippen LogP contribution is -2.53. The van der Waals surface area contributed by atoms with Crippen LogP contribution in [0.3, 0.4) is 0 Å². The van der Waals surface area contributed by atoms with Gasteiger partial charge in [-0.2, -0.15) is 0 Å². The average Bonchev–Trinajstić information content (AvgIpc) is 2.46. The molecule has 0 bridgehead atoms. The summed E-state index contributed by atoms with van der Waals surface area (Å²) >= 11 is 0. The van der Waals surface area contributed by atoms with Crippen molar-refractivity contribution in [1.29, 1.82) is 0 Å². The van der Waals surface area contributed by atoms with Crippen molar-refractivity contribution in [3.05, 3.63) is 23.9 Å². The lowest BCUT2D eigenvalue weighted by molar-refractivity contribution is -0.0613. The molecule has 4 nitrogen and oxygen atoms in total. The van der Waals surface area contributed by atoms with Gasteiger partial charge in [-0.05, 0) is 38.3 Å². The van der Waals surface area contributed by atoms with Crippen LogP contribution in [-0.2, 0) is 0 Å². The van der Waals surface area contributed by atoms with Crippen LogP contribution < -0.4 is 4.90 Å². The minimum Gasteiger partial charge on any atom is -0.389 e. The van der Waals surface area contributed by atoms with Crippen molar-refractivity contribution in [1.82, 2.24) is 4.98 Å². The molecule has 0 spiro atoms. The predicted octanol–water partition coefficient (Wildman–Crippen LogP) is 2.42. The van der Waals surface area contributed by atoms with Crippen molar-refractivity contribution in [3.8, 4) is 0 Å². The number of rotatable bonds is 2. The van der Waals surface area contributed by atoms with Crippen molar-refractivity contribution in [2.24, 2.45) is 5.92 Å². The maximum atomic E-state index is 11.7. The Hall–Kier alpha value is -1.42. The number of pyridine rings is 1. The molecule has 4 heteroatoms. The van der Waals surface area contributed by atoms with E-state index in [9.17, 15) is 9.90 Å². The Balaban J connectivity index is 1.85. The van der Waals surface area contributed by atoms with E-state index in [1.54, 1.807) is 19.2 Å². The standard InChI is InChI=1S/C16H22N2O2/c1-12(19)14-6-4-9-17-15(14)18-10-8-16(20)7-3-2-5-13(16)11-18/h4,6,9,13,20H,2-3,5,7-8,10-11H2,1H3. The smallest absolute Gasteiger partial charge is 0.163 e. The van der Waals surface area contributed by atoms with E-state index >= 15 is 0 Å². The largest absolute Gasteiger partial charge is 0.389 e. The first-order valence-corrected chi connectivity index (χ1v) is 7.53. The van der Waals surface area contributed by atoms with E-state index in [2.05, 4.69) is 9.88 Å². The fourth-order valence-corrected chi connectivity index (χ4v) is 3.69. The molecule has 108 valence electrons. The summed E-state index contributed by atoms with van der Waals surface area (Å²) in [4.78, 5) is 18.3. The third-order valence-electron chi connectivity index (χ3n) is 4.89. The van der Waals surface area contributed by atoms with Crippen LogP contribution >= 0.6 is 0 Å². The molecule has 0 amide bonds. The molecule has 0 aromatic carbocycles. The SMILES string of the molecule is CC(=O)c1cccnc1N1CCC2(O)CCCCC2C1. The summed E-state index contributed by atoms with van der Waals surface area (Å²) in [6.07, 6.45) is 6.86. The Kier molecular flexibility index (Phi) is 3.50. The van der Waals surface area contributed by atoms with Gasteiger partial charge in [0.05, 0.1) is 11.2 Å². The summed E-state index contributed by atoms with van der Waals surface area (Å²) < 4.78 is 0. The first kappa shape index (κ1) is 13.6. The van der Waals surface area contributed by atoms with Gasteiger partial charge in [0.1, 0.15) is 5.82 Å². The van der Waals surface area contributed by atoms with Crippen molar-refractivity contribution in [2.45, 2.75) is 44.6 Å². The minimum absolute atomic E-state index is 0.0533. The number of fused-ring (bicyclic) bond motifs is 1. The van der Waals surface area contributed by atoms with Gasteiger partial charge in [-0.1, -0.05) is 12.8 Å². The number of Topliss-reactive ketones (excluding diaryl/α,β-unsaturated/α-hetero) is 1. The molecule has 2 unspecified atom stereocenters.